The topological polar surface area (TPSA) is 64.0 Å². The van der Waals surface area contributed by atoms with E-state index in [0.717, 1.165) is 0 Å². The molecule has 2 aromatic carbocycles. The number of carbonyl (C=O) groups excluding carboxylic acids is 1. The van der Waals surface area contributed by atoms with E-state index in [0.29, 0.717) is 22.2 Å². The second kappa shape index (κ2) is 6.16. The van der Waals surface area contributed by atoms with Crippen LogP contribution in [0.5, 0.6) is 0 Å². The zero-order valence-corrected chi connectivity index (χ0v) is 12.2. The Morgan fingerprint density at radius 2 is 2.04 bits per heavy atom. The summed E-state index contributed by atoms with van der Waals surface area (Å²) in [6.07, 6.45) is 6.56. The molecule has 0 atom stereocenters. The number of carbonyl (C=O) groups is 1. The van der Waals surface area contributed by atoms with Gasteiger partial charge in [-0.25, -0.2) is 0 Å². The maximum atomic E-state index is 12.2. The van der Waals surface area contributed by atoms with Crippen LogP contribution < -0.4 is 10.7 Å². The van der Waals surface area contributed by atoms with Gasteiger partial charge in [0.1, 0.15) is 6.54 Å². The molecule has 0 aliphatic heterocycles. The number of benzene rings is 2. The fourth-order valence-electron chi connectivity index (χ4n) is 2.31. The van der Waals surface area contributed by atoms with Crippen LogP contribution in [-0.2, 0) is 11.3 Å². The number of amides is 1. The van der Waals surface area contributed by atoms with E-state index >= 15 is 0 Å². The van der Waals surface area contributed by atoms with E-state index < -0.39 is 0 Å². The zero-order chi connectivity index (χ0) is 16.2. The summed E-state index contributed by atoms with van der Waals surface area (Å²) in [5, 5.41) is 7.34. The molecule has 3 aromatic rings. The minimum absolute atomic E-state index is 0.00107. The van der Waals surface area contributed by atoms with Crippen molar-refractivity contribution in [2.75, 3.05) is 5.32 Å². The lowest BCUT2D eigenvalue weighted by Crippen LogP contribution is -2.22. The summed E-state index contributed by atoms with van der Waals surface area (Å²) in [6, 6.07) is 14.1. The first-order valence-electron chi connectivity index (χ1n) is 6.99. The van der Waals surface area contributed by atoms with E-state index in [1.165, 1.54) is 10.9 Å². The Hall–Kier alpha value is -3.39. The zero-order valence-electron chi connectivity index (χ0n) is 12.2. The monoisotopic (exact) mass is 303 g/mol. The highest BCUT2D eigenvalue weighted by Crippen LogP contribution is 2.11. The molecule has 1 amide bonds. The van der Waals surface area contributed by atoms with E-state index in [2.05, 4.69) is 16.3 Å². The maximum absolute atomic E-state index is 12.2. The van der Waals surface area contributed by atoms with E-state index in [-0.39, 0.29) is 17.9 Å². The number of aromatic nitrogens is 2. The number of anilines is 1. The minimum Gasteiger partial charge on any atom is -0.324 e. The van der Waals surface area contributed by atoms with Crippen molar-refractivity contribution in [3.63, 3.8) is 0 Å². The van der Waals surface area contributed by atoms with Crippen LogP contribution in [0.4, 0.5) is 5.69 Å². The van der Waals surface area contributed by atoms with Crippen molar-refractivity contribution >= 4 is 22.5 Å². The molecule has 3 rings (SSSR count). The molecule has 0 unspecified atom stereocenters. The van der Waals surface area contributed by atoms with Gasteiger partial charge in [-0.2, -0.15) is 5.10 Å². The summed E-state index contributed by atoms with van der Waals surface area (Å²) in [4.78, 5) is 24.0. The molecule has 0 saturated heterocycles. The standard InChI is InChI=1S/C18H13N3O2/c1-2-13-6-5-7-14(10-13)20-18(23)12-21-16-9-4-3-8-15(16)17(22)11-19-21/h1,3-11H,12H2,(H,20,23). The molecule has 0 fully saturated rings. The second-order valence-corrected chi connectivity index (χ2v) is 4.96. The normalized spacial score (nSPS) is 10.2. The highest BCUT2D eigenvalue weighted by molar-refractivity contribution is 5.91. The molecule has 5 nitrogen and oxygen atoms in total. The molecule has 0 bridgehead atoms. The quantitative estimate of drug-likeness (QED) is 0.753. The lowest BCUT2D eigenvalue weighted by Gasteiger charge is -2.10. The molecular weight excluding hydrogens is 290 g/mol. The lowest BCUT2D eigenvalue weighted by molar-refractivity contribution is -0.116. The minimum atomic E-state index is -0.250. The first-order chi connectivity index (χ1) is 11.2. The third kappa shape index (κ3) is 3.11. The summed E-state index contributed by atoms with van der Waals surface area (Å²) < 4.78 is 1.50. The Bertz CT molecular complexity index is 983. The molecule has 23 heavy (non-hydrogen) atoms. The van der Waals surface area contributed by atoms with Gasteiger partial charge >= 0.3 is 0 Å². The average molecular weight is 303 g/mol. The van der Waals surface area contributed by atoms with Crippen LogP contribution in [0.2, 0.25) is 0 Å². The van der Waals surface area contributed by atoms with Crippen molar-refractivity contribution in [3.8, 4) is 12.3 Å². The molecule has 0 aliphatic carbocycles. The number of fused-ring (bicyclic) bond motifs is 1. The Morgan fingerprint density at radius 1 is 1.22 bits per heavy atom. The smallest absolute Gasteiger partial charge is 0.246 e. The summed E-state index contributed by atoms with van der Waals surface area (Å²) in [7, 11) is 0. The van der Waals surface area contributed by atoms with Crippen LogP contribution in [-0.4, -0.2) is 15.7 Å². The van der Waals surface area contributed by atoms with Gasteiger partial charge in [-0.3, -0.25) is 14.3 Å². The number of hydrogen-bond acceptors (Lipinski definition) is 3. The summed E-state index contributed by atoms with van der Waals surface area (Å²) >= 11 is 0. The molecule has 0 radical (unpaired) electrons. The van der Waals surface area contributed by atoms with Crippen molar-refractivity contribution in [3.05, 3.63) is 70.5 Å². The summed E-state index contributed by atoms with van der Waals surface area (Å²) in [5.41, 5.74) is 1.76. The fraction of sp³-hybridized carbons (Fsp3) is 0.0556. The molecule has 0 spiro atoms. The predicted molar refractivity (Wildman–Crippen MR) is 89.0 cm³/mol. The average Bonchev–Trinajstić information content (AvgIpc) is 2.58. The lowest BCUT2D eigenvalue weighted by atomic mass is 10.2. The van der Waals surface area contributed by atoms with Gasteiger partial charge < -0.3 is 5.32 Å². The van der Waals surface area contributed by atoms with Crippen molar-refractivity contribution in [2.45, 2.75) is 6.54 Å². The van der Waals surface area contributed by atoms with Gasteiger partial charge in [0, 0.05) is 16.6 Å². The van der Waals surface area contributed by atoms with Crippen molar-refractivity contribution in [2.24, 2.45) is 0 Å². The number of terminal acetylenes is 1. The molecule has 1 heterocycles. The van der Waals surface area contributed by atoms with Gasteiger partial charge in [0.2, 0.25) is 11.3 Å². The van der Waals surface area contributed by atoms with Crippen LogP contribution in [0.3, 0.4) is 0 Å². The van der Waals surface area contributed by atoms with Crippen molar-refractivity contribution in [1.82, 2.24) is 9.78 Å². The van der Waals surface area contributed by atoms with E-state index in [1.807, 2.05) is 0 Å². The van der Waals surface area contributed by atoms with Crippen molar-refractivity contribution in [1.29, 1.82) is 0 Å². The van der Waals surface area contributed by atoms with Gasteiger partial charge in [-0.05, 0) is 30.3 Å². The molecule has 1 N–H and O–H groups in total. The Balaban J connectivity index is 1.85. The van der Waals surface area contributed by atoms with E-state index in [9.17, 15) is 9.59 Å². The summed E-state index contributed by atoms with van der Waals surface area (Å²) in [6.45, 7) is 0.00107. The Kier molecular flexibility index (Phi) is 3.89. The molecule has 5 heteroatoms. The number of rotatable bonds is 3. The number of nitrogens with zero attached hydrogens (tertiary/aromatic N) is 2. The largest absolute Gasteiger partial charge is 0.324 e. The fourth-order valence-corrected chi connectivity index (χ4v) is 2.31. The van der Waals surface area contributed by atoms with Crippen LogP contribution in [0.1, 0.15) is 5.56 Å². The Labute approximate surface area is 132 Å². The SMILES string of the molecule is C#Cc1cccc(NC(=O)Cn2ncc(=O)c3ccccc32)c1. The van der Waals surface area contributed by atoms with E-state index in [4.69, 9.17) is 6.42 Å². The van der Waals surface area contributed by atoms with Gasteiger partial charge in [0.15, 0.2) is 0 Å². The highest BCUT2D eigenvalue weighted by atomic mass is 16.2. The van der Waals surface area contributed by atoms with Crippen LogP contribution in [0.15, 0.2) is 59.5 Å². The molecule has 112 valence electrons. The molecule has 1 aromatic heterocycles. The maximum Gasteiger partial charge on any atom is 0.246 e. The van der Waals surface area contributed by atoms with Crippen LogP contribution >= 0.6 is 0 Å². The molecule has 0 saturated carbocycles. The van der Waals surface area contributed by atoms with Gasteiger partial charge in [-0.15, -0.1) is 6.42 Å². The number of hydrogen-bond donors (Lipinski definition) is 1. The summed E-state index contributed by atoms with van der Waals surface area (Å²) in [5.74, 6) is 2.27. The second-order valence-electron chi connectivity index (χ2n) is 4.96. The van der Waals surface area contributed by atoms with Gasteiger partial charge in [0.05, 0.1) is 11.7 Å². The number of para-hydroxylation sites is 1. The third-order valence-electron chi connectivity index (χ3n) is 3.37. The molecular formula is C18H13N3O2. The number of nitrogens with one attached hydrogen (secondary N) is 1. The van der Waals surface area contributed by atoms with Crippen LogP contribution in [0.25, 0.3) is 10.9 Å². The van der Waals surface area contributed by atoms with Gasteiger partial charge in [-0.1, -0.05) is 24.1 Å². The van der Waals surface area contributed by atoms with E-state index in [1.54, 1.807) is 48.5 Å². The van der Waals surface area contributed by atoms with Gasteiger partial charge in [0.25, 0.3) is 0 Å². The van der Waals surface area contributed by atoms with Crippen LogP contribution in [0, 0.1) is 12.3 Å². The Morgan fingerprint density at radius 3 is 2.87 bits per heavy atom. The highest BCUT2D eigenvalue weighted by Gasteiger charge is 2.08. The third-order valence-corrected chi connectivity index (χ3v) is 3.37. The van der Waals surface area contributed by atoms with Crippen molar-refractivity contribution < 1.29 is 4.79 Å². The molecule has 0 aliphatic rings. The first kappa shape index (κ1) is 14.5. The first-order valence-corrected chi connectivity index (χ1v) is 6.99. The predicted octanol–water partition coefficient (Wildman–Crippen LogP) is 2.02.